The summed E-state index contributed by atoms with van der Waals surface area (Å²) in [4.78, 5) is 26.1. The van der Waals surface area contributed by atoms with E-state index in [0.29, 0.717) is 22.9 Å². The van der Waals surface area contributed by atoms with Gasteiger partial charge in [0.2, 0.25) is 0 Å². The zero-order valence-corrected chi connectivity index (χ0v) is 9.95. The third-order valence-electron chi connectivity index (χ3n) is 2.90. The molecule has 1 aromatic heterocycles. The van der Waals surface area contributed by atoms with Crippen LogP contribution in [0.2, 0.25) is 0 Å². The topological polar surface area (TPSA) is 73.0 Å². The van der Waals surface area contributed by atoms with Gasteiger partial charge in [0, 0.05) is 22.2 Å². The van der Waals surface area contributed by atoms with Crippen molar-refractivity contribution >= 4 is 16.9 Å². The number of aromatic carboxylic acids is 1. The summed E-state index contributed by atoms with van der Waals surface area (Å²) in [5.74, 6) is -1.29. The van der Waals surface area contributed by atoms with Crippen LogP contribution in [0.15, 0.2) is 35.6 Å². The lowest BCUT2D eigenvalue weighted by Gasteiger charge is -2.08. The van der Waals surface area contributed by atoms with E-state index in [9.17, 15) is 14.7 Å². The van der Waals surface area contributed by atoms with Gasteiger partial charge in [-0.15, -0.1) is 6.58 Å². The number of carboxylic acids is 1. The van der Waals surface area contributed by atoms with Gasteiger partial charge in [-0.3, -0.25) is 4.79 Å². The lowest BCUT2D eigenvalue weighted by atomic mass is 10.0. The van der Waals surface area contributed by atoms with Gasteiger partial charge in [0.05, 0.1) is 5.97 Å². The Labute approximate surface area is 104 Å². The molecule has 2 rings (SSSR count). The minimum Gasteiger partial charge on any atom is -0.545 e. The van der Waals surface area contributed by atoms with E-state index in [0.717, 1.165) is 5.69 Å². The van der Waals surface area contributed by atoms with Crippen LogP contribution >= 0.6 is 0 Å². The number of hydrogen-bond acceptors (Lipinski definition) is 3. The molecule has 0 aliphatic rings. The Bertz CT molecular complexity index is 698. The number of hydrogen-bond donors (Lipinski definition) is 1. The molecule has 0 radical (unpaired) electrons. The van der Waals surface area contributed by atoms with Crippen LogP contribution in [-0.4, -0.2) is 11.0 Å². The summed E-state index contributed by atoms with van der Waals surface area (Å²) in [6, 6.07) is 4.34. The Morgan fingerprint density at radius 3 is 2.83 bits per heavy atom. The van der Waals surface area contributed by atoms with Crippen molar-refractivity contribution in [2.24, 2.45) is 0 Å². The summed E-state index contributed by atoms with van der Waals surface area (Å²) < 4.78 is 0. The number of carboxylic acid groups (broad SMARTS) is 1. The zero-order valence-electron chi connectivity index (χ0n) is 9.95. The lowest BCUT2D eigenvalue weighted by molar-refractivity contribution is -0.255. The van der Waals surface area contributed by atoms with Crippen LogP contribution in [-0.2, 0) is 6.42 Å². The summed E-state index contributed by atoms with van der Waals surface area (Å²) in [6.07, 6.45) is 2.10. The van der Waals surface area contributed by atoms with Gasteiger partial charge in [-0.05, 0) is 31.0 Å². The van der Waals surface area contributed by atoms with Crippen LogP contribution in [0.5, 0.6) is 0 Å². The van der Waals surface area contributed by atoms with Gasteiger partial charge in [0.25, 0.3) is 0 Å². The number of benzene rings is 1. The van der Waals surface area contributed by atoms with E-state index in [1.165, 1.54) is 12.1 Å². The maximum atomic E-state index is 12.2. The Balaban J connectivity index is 2.81. The summed E-state index contributed by atoms with van der Waals surface area (Å²) in [7, 11) is 0. The van der Waals surface area contributed by atoms with Crippen molar-refractivity contribution in [1.29, 1.82) is 0 Å². The molecule has 0 saturated heterocycles. The number of nitrogens with one attached hydrogen (secondary N) is 1. The van der Waals surface area contributed by atoms with Crippen LogP contribution in [0.1, 0.15) is 21.6 Å². The predicted octanol–water partition coefficient (Wildman–Crippen LogP) is 0.929. The third-order valence-corrected chi connectivity index (χ3v) is 2.90. The van der Waals surface area contributed by atoms with Gasteiger partial charge in [-0.1, -0.05) is 12.1 Å². The molecule has 0 atom stereocenters. The van der Waals surface area contributed by atoms with Gasteiger partial charge in [-0.25, -0.2) is 0 Å². The van der Waals surface area contributed by atoms with Crippen molar-refractivity contribution in [3.63, 3.8) is 0 Å². The van der Waals surface area contributed by atoms with Gasteiger partial charge in [0.1, 0.15) is 0 Å². The fourth-order valence-corrected chi connectivity index (χ4v) is 1.97. The second-order valence-electron chi connectivity index (χ2n) is 4.10. The third kappa shape index (κ3) is 1.93. The molecule has 0 aliphatic carbocycles. The first-order valence-electron chi connectivity index (χ1n) is 5.52. The van der Waals surface area contributed by atoms with Crippen molar-refractivity contribution < 1.29 is 9.90 Å². The van der Waals surface area contributed by atoms with Gasteiger partial charge in [0.15, 0.2) is 5.43 Å². The van der Waals surface area contributed by atoms with Crippen LogP contribution < -0.4 is 10.5 Å². The van der Waals surface area contributed by atoms with Crippen molar-refractivity contribution in [2.45, 2.75) is 13.3 Å². The number of pyridine rings is 1. The monoisotopic (exact) mass is 242 g/mol. The molecule has 0 saturated carbocycles. The number of rotatable bonds is 3. The Hall–Kier alpha value is -2.36. The molecule has 0 unspecified atom stereocenters. The average Bonchev–Trinajstić information content (AvgIpc) is 2.34. The molecule has 1 aromatic carbocycles. The molecule has 0 aliphatic heterocycles. The molecule has 0 fully saturated rings. The molecule has 1 heterocycles. The molecule has 0 spiro atoms. The number of carbonyl (C=O) groups excluding carboxylic acids is 1. The SMILES string of the molecule is C=CCc1c(C)[nH]c2ccc(C(=O)[O-])cc2c1=O. The molecule has 1 N–H and O–H groups in total. The van der Waals surface area contributed by atoms with E-state index in [1.807, 2.05) is 6.92 Å². The molecule has 18 heavy (non-hydrogen) atoms. The first kappa shape index (κ1) is 12.1. The molecular formula is C14H12NO3-. The highest BCUT2D eigenvalue weighted by molar-refractivity contribution is 5.92. The molecule has 4 heteroatoms. The van der Waals surface area contributed by atoms with E-state index < -0.39 is 5.97 Å². The van der Waals surface area contributed by atoms with E-state index in [-0.39, 0.29) is 11.0 Å². The van der Waals surface area contributed by atoms with Crippen LogP contribution in [0.25, 0.3) is 10.9 Å². The first-order chi connectivity index (χ1) is 8.54. The largest absolute Gasteiger partial charge is 0.545 e. The Morgan fingerprint density at radius 1 is 1.50 bits per heavy atom. The number of aromatic nitrogens is 1. The Kier molecular flexibility index (Phi) is 3.02. The number of aryl methyl sites for hydroxylation is 1. The minimum absolute atomic E-state index is 0.00130. The summed E-state index contributed by atoms with van der Waals surface area (Å²) in [5, 5.41) is 11.2. The first-order valence-corrected chi connectivity index (χ1v) is 5.52. The highest BCUT2D eigenvalue weighted by Crippen LogP contribution is 2.13. The maximum Gasteiger partial charge on any atom is 0.193 e. The van der Waals surface area contributed by atoms with Crippen LogP contribution in [0.4, 0.5) is 0 Å². The number of carbonyl (C=O) groups is 1. The fourth-order valence-electron chi connectivity index (χ4n) is 1.97. The minimum atomic E-state index is -1.29. The number of allylic oxidation sites excluding steroid dienone is 1. The molecule has 4 nitrogen and oxygen atoms in total. The molecular weight excluding hydrogens is 230 g/mol. The predicted molar refractivity (Wildman–Crippen MR) is 67.5 cm³/mol. The summed E-state index contributed by atoms with van der Waals surface area (Å²) >= 11 is 0. The molecule has 2 aromatic rings. The summed E-state index contributed by atoms with van der Waals surface area (Å²) in [5.41, 5.74) is 1.84. The number of fused-ring (bicyclic) bond motifs is 1. The lowest BCUT2D eigenvalue weighted by Crippen LogP contribution is -2.22. The molecule has 92 valence electrons. The quantitative estimate of drug-likeness (QED) is 0.814. The second-order valence-corrected chi connectivity index (χ2v) is 4.10. The molecule has 0 bridgehead atoms. The van der Waals surface area contributed by atoms with Gasteiger partial charge >= 0.3 is 0 Å². The Morgan fingerprint density at radius 2 is 2.22 bits per heavy atom. The average molecular weight is 242 g/mol. The van der Waals surface area contributed by atoms with E-state index >= 15 is 0 Å². The van der Waals surface area contributed by atoms with Crippen molar-refractivity contribution in [3.05, 3.63) is 57.9 Å². The van der Waals surface area contributed by atoms with Gasteiger partial charge < -0.3 is 14.9 Å². The summed E-state index contributed by atoms with van der Waals surface area (Å²) in [6.45, 7) is 5.42. The van der Waals surface area contributed by atoms with Gasteiger partial charge in [-0.2, -0.15) is 0 Å². The zero-order chi connectivity index (χ0) is 13.3. The van der Waals surface area contributed by atoms with E-state index in [2.05, 4.69) is 11.6 Å². The van der Waals surface area contributed by atoms with Crippen LogP contribution in [0.3, 0.4) is 0 Å². The maximum absolute atomic E-state index is 12.2. The van der Waals surface area contributed by atoms with Crippen molar-refractivity contribution in [3.8, 4) is 0 Å². The molecule has 0 amide bonds. The number of aromatic amines is 1. The fraction of sp³-hybridized carbons (Fsp3) is 0.143. The van der Waals surface area contributed by atoms with Crippen molar-refractivity contribution in [2.75, 3.05) is 0 Å². The standard InChI is InChI=1S/C14H13NO3/c1-3-4-10-8(2)15-12-6-5-9(14(17)18)7-11(12)13(10)16/h3,5-7H,1,4H2,2H3,(H,15,16)(H,17,18)/p-1. The van der Waals surface area contributed by atoms with E-state index in [4.69, 9.17) is 0 Å². The van der Waals surface area contributed by atoms with E-state index in [1.54, 1.807) is 12.1 Å². The van der Waals surface area contributed by atoms with Crippen LogP contribution in [0, 0.1) is 6.92 Å². The highest BCUT2D eigenvalue weighted by Gasteiger charge is 2.08. The smallest absolute Gasteiger partial charge is 0.193 e. The van der Waals surface area contributed by atoms with Crippen molar-refractivity contribution in [1.82, 2.24) is 4.98 Å². The highest BCUT2D eigenvalue weighted by atomic mass is 16.4. The normalized spacial score (nSPS) is 10.5. The number of H-pyrrole nitrogens is 1. The second kappa shape index (κ2) is 4.49.